The molecule has 2 heterocycles. The molecule has 3 rings (SSSR count). The summed E-state index contributed by atoms with van der Waals surface area (Å²) in [5.41, 5.74) is 1.85. The van der Waals surface area contributed by atoms with E-state index in [9.17, 15) is 0 Å². The number of nitrogens with zero attached hydrogens (tertiary/aromatic N) is 4. The molecule has 3 aromatic rings. The van der Waals surface area contributed by atoms with Crippen LogP contribution in [0.3, 0.4) is 0 Å². The molecule has 0 aliphatic carbocycles. The lowest BCUT2D eigenvalue weighted by Crippen LogP contribution is -2.12. The smallest absolute Gasteiger partial charge is 0.160 e. The number of rotatable bonds is 6. The lowest BCUT2D eigenvalue weighted by Gasteiger charge is -2.10. The Kier molecular flexibility index (Phi) is 6.38. The van der Waals surface area contributed by atoms with Gasteiger partial charge in [-0.15, -0.1) is 0 Å². The second-order valence-electron chi connectivity index (χ2n) is 5.25. The van der Waals surface area contributed by atoms with Gasteiger partial charge in [0.1, 0.15) is 5.71 Å². The van der Waals surface area contributed by atoms with E-state index in [4.69, 9.17) is 51.2 Å². The Morgan fingerprint density at radius 3 is 2.58 bits per heavy atom. The van der Waals surface area contributed by atoms with Crippen LogP contribution in [0.2, 0.25) is 20.1 Å². The van der Waals surface area contributed by atoms with E-state index in [1.54, 1.807) is 36.8 Å². The van der Waals surface area contributed by atoms with Gasteiger partial charge in [-0.2, -0.15) is 0 Å². The maximum absolute atomic E-state index is 6.31. The molecule has 0 aliphatic heterocycles. The number of halogens is 4. The highest BCUT2D eigenvalue weighted by atomic mass is 35.5. The van der Waals surface area contributed by atoms with Crippen molar-refractivity contribution in [3.05, 3.63) is 80.5 Å². The van der Waals surface area contributed by atoms with Crippen LogP contribution in [0.4, 0.5) is 0 Å². The molecule has 134 valence electrons. The molecule has 0 saturated carbocycles. The lowest BCUT2D eigenvalue weighted by molar-refractivity contribution is 0.127. The molecule has 0 saturated heterocycles. The Hall–Kier alpha value is -1.79. The molecule has 1 aromatic carbocycles. The predicted octanol–water partition coefficient (Wildman–Crippen LogP) is 5.51. The van der Waals surface area contributed by atoms with Crippen molar-refractivity contribution in [3.8, 4) is 0 Å². The van der Waals surface area contributed by atoms with E-state index in [0.717, 1.165) is 0 Å². The normalized spacial score (nSPS) is 11.6. The molecule has 2 aromatic heterocycles. The number of imidazole rings is 1. The Labute approximate surface area is 170 Å². The minimum atomic E-state index is 0.0919. The zero-order valence-electron chi connectivity index (χ0n) is 13.2. The van der Waals surface area contributed by atoms with Crippen LogP contribution in [0.25, 0.3) is 0 Å². The summed E-state index contributed by atoms with van der Waals surface area (Å²) in [7, 11) is 0. The zero-order chi connectivity index (χ0) is 18.5. The highest BCUT2D eigenvalue weighted by Gasteiger charge is 2.12. The van der Waals surface area contributed by atoms with Gasteiger partial charge in [-0.25, -0.2) is 4.98 Å². The summed E-state index contributed by atoms with van der Waals surface area (Å²) in [6.45, 7) is 0.512. The van der Waals surface area contributed by atoms with Gasteiger partial charge in [0.05, 0.1) is 33.6 Å². The van der Waals surface area contributed by atoms with Gasteiger partial charge in [-0.05, 0) is 24.3 Å². The molecule has 5 nitrogen and oxygen atoms in total. The van der Waals surface area contributed by atoms with Crippen LogP contribution >= 0.6 is 46.4 Å². The van der Waals surface area contributed by atoms with Crippen molar-refractivity contribution < 1.29 is 4.84 Å². The Bertz CT molecular complexity index is 929. The maximum atomic E-state index is 6.31. The van der Waals surface area contributed by atoms with Crippen LogP contribution in [0, 0.1) is 0 Å². The standard InChI is InChI=1S/C17H12Cl4N4O/c18-11-1-2-13(14(20)5-11)16(8-25-4-3-22-10-25)24-26-9-17-15(21)6-12(19)7-23-17/h1-7,10H,8-9H2. The van der Waals surface area contributed by atoms with Gasteiger partial charge in [-0.1, -0.05) is 51.6 Å². The molecule has 0 spiro atoms. The van der Waals surface area contributed by atoms with Crippen molar-refractivity contribution in [2.75, 3.05) is 0 Å². The van der Waals surface area contributed by atoms with Gasteiger partial charge in [-0.3, -0.25) is 4.98 Å². The second kappa shape index (κ2) is 8.73. The summed E-state index contributed by atoms with van der Waals surface area (Å²) in [4.78, 5) is 13.6. The number of hydrogen-bond acceptors (Lipinski definition) is 4. The molecule has 0 atom stereocenters. The van der Waals surface area contributed by atoms with E-state index in [2.05, 4.69) is 15.1 Å². The van der Waals surface area contributed by atoms with Crippen molar-refractivity contribution >= 4 is 52.1 Å². The van der Waals surface area contributed by atoms with E-state index in [1.165, 1.54) is 6.20 Å². The van der Waals surface area contributed by atoms with Gasteiger partial charge in [0.25, 0.3) is 0 Å². The van der Waals surface area contributed by atoms with Gasteiger partial charge < -0.3 is 9.40 Å². The second-order valence-corrected chi connectivity index (χ2v) is 6.94. The van der Waals surface area contributed by atoms with Gasteiger partial charge in [0.2, 0.25) is 0 Å². The summed E-state index contributed by atoms with van der Waals surface area (Å²) < 4.78 is 1.85. The highest BCUT2D eigenvalue weighted by Crippen LogP contribution is 2.23. The molecule has 0 aliphatic rings. The average Bonchev–Trinajstić information content (AvgIpc) is 3.09. The van der Waals surface area contributed by atoms with Gasteiger partial charge in [0, 0.05) is 29.2 Å². The molecular weight excluding hydrogens is 418 g/mol. The molecular formula is C17H12Cl4N4O. The first-order valence-corrected chi connectivity index (χ1v) is 8.94. The van der Waals surface area contributed by atoms with Crippen molar-refractivity contribution in [3.63, 3.8) is 0 Å². The van der Waals surface area contributed by atoms with Gasteiger partial charge >= 0.3 is 0 Å². The summed E-state index contributed by atoms with van der Waals surface area (Å²) in [5.74, 6) is 0. The average molecular weight is 430 g/mol. The molecule has 0 radical (unpaired) electrons. The minimum Gasteiger partial charge on any atom is -0.389 e. The maximum Gasteiger partial charge on any atom is 0.160 e. The lowest BCUT2D eigenvalue weighted by atomic mass is 10.1. The van der Waals surface area contributed by atoms with E-state index < -0.39 is 0 Å². The molecule has 26 heavy (non-hydrogen) atoms. The zero-order valence-corrected chi connectivity index (χ0v) is 16.3. The Balaban J connectivity index is 1.83. The Morgan fingerprint density at radius 2 is 1.88 bits per heavy atom. The summed E-state index contributed by atoms with van der Waals surface area (Å²) in [6, 6.07) is 6.78. The fourth-order valence-corrected chi connectivity index (χ4v) is 3.11. The third-order valence-electron chi connectivity index (χ3n) is 3.39. The third kappa shape index (κ3) is 4.89. The van der Waals surface area contributed by atoms with E-state index in [1.807, 2.05) is 10.8 Å². The van der Waals surface area contributed by atoms with Crippen LogP contribution < -0.4 is 0 Å². The predicted molar refractivity (Wildman–Crippen MR) is 104 cm³/mol. The topological polar surface area (TPSA) is 52.3 Å². The molecule has 0 amide bonds. The van der Waals surface area contributed by atoms with Crippen LogP contribution in [-0.2, 0) is 18.0 Å². The fraction of sp³-hybridized carbons (Fsp3) is 0.118. The van der Waals surface area contributed by atoms with E-state index >= 15 is 0 Å². The number of oxime groups is 1. The van der Waals surface area contributed by atoms with Crippen LogP contribution in [0.5, 0.6) is 0 Å². The van der Waals surface area contributed by atoms with Crippen molar-refractivity contribution in [2.24, 2.45) is 5.16 Å². The van der Waals surface area contributed by atoms with Gasteiger partial charge in [0.15, 0.2) is 6.61 Å². The van der Waals surface area contributed by atoms with Crippen LogP contribution in [-0.4, -0.2) is 20.2 Å². The molecule has 0 fully saturated rings. The van der Waals surface area contributed by atoms with Crippen molar-refractivity contribution in [2.45, 2.75) is 13.2 Å². The number of pyridine rings is 1. The largest absolute Gasteiger partial charge is 0.389 e. The van der Waals surface area contributed by atoms with E-state index in [0.29, 0.717) is 43.6 Å². The van der Waals surface area contributed by atoms with Crippen LogP contribution in [0.1, 0.15) is 11.3 Å². The highest BCUT2D eigenvalue weighted by molar-refractivity contribution is 6.37. The molecule has 0 N–H and O–H groups in total. The number of aromatic nitrogens is 3. The first-order chi connectivity index (χ1) is 12.5. The molecule has 0 unspecified atom stereocenters. The Morgan fingerprint density at radius 1 is 1.08 bits per heavy atom. The first-order valence-electron chi connectivity index (χ1n) is 7.43. The SMILES string of the molecule is Clc1ccc(C(Cn2ccnc2)=NOCc2ncc(Cl)cc2Cl)c(Cl)c1. The molecule has 9 heteroatoms. The number of hydrogen-bond donors (Lipinski definition) is 0. The monoisotopic (exact) mass is 428 g/mol. The molecule has 0 bridgehead atoms. The van der Waals surface area contributed by atoms with Crippen molar-refractivity contribution in [1.82, 2.24) is 14.5 Å². The quantitative estimate of drug-likeness (QED) is 0.383. The van der Waals surface area contributed by atoms with E-state index in [-0.39, 0.29) is 6.61 Å². The summed E-state index contributed by atoms with van der Waals surface area (Å²) in [5, 5.41) is 6.11. The summed E-state index contributed by atoms with van der Waals surface area (Å²) in [6.07, 6.45) is 6.67. The first kappa shape index (κ1) is 19.0. The van der Waals surface area contributed by atoms with Crippen LogP contribution in [0.15, 0.2) is 54.3 Å². The summed E-state index contributed by atoms with van der Waals surface area (Å²) >= 11 is 24.2. The fourth-order valence-electron chi connectivity index (χ4n) is 2.16. The third-order valence-corrected chi connectivity index (χ3v) is 4.48. The number of benzene rings is 1. The minimum absolute atomic E-state index is 0.0919. The van der Waals surface area contributed by atoms with Crippen molar-refractivity contribution in [1.29, 1.82) is 0 Å².